The highest BCUT2D eigenvalue weighted by Crippen LogP contribution is 2.55. The Balaban J connectivity index is 0.000000171. The molecule has 1 aliphatic carbocycles. The summed E-state index contributed by atoms with van der Waals surface area (Å²) in [6, 6.07) is 7.31. The second kappa shape index (κ2) is 12.8. The molecule has 2 fully saturated rings. The number of benzene rings is 2. The minimum absolute atomic E-state index is 0.111. The molecular weight excluding hydrogens is 648 g/mol. The quantitative estimate of drug-likeness (QED) is 0.171. The second-order valence-electron chi connectivity index (χ2n) is 11.8. The zero-order valence-corrected chi connectivity index (χ0v) is 26.5. The Kier molecular flexibility index (Phi) is 8.53. The average Bonchev–Trinajstić information content (AvgIpc) is 3.91. The van der Waals surface area contributed by atoms with Crippen molar-refractivity contribution >= 4 is 17.1 Å². The van der Waals surface area contributed by atoms with Crippen LogP contribution in [-0.2, 0) is 14.3 Å². The van der Waals surface area contributed by atoms with Crippen LogP contribution in [0.25, 0.3) is 11.2 Å². The number of aliphatic hydroxyl groups excluding tert-OH is 4. The molecule has 2 aromatic carbocycles. The molecule has 2 saturated heterocycles. The van der Waals surface area contributed by atoms with Crippen LogP contribution in [0.5, 0.6) is 28.7 Å². The summed E-state index contributed by atoms with van der Waals surface area (Å²) in [7, 11) is 4.63. The second-order valence-corrected chi connectivity index (χ2v) is 11.8. The number of nitrogens with zero attached hydrogens (tertiary/aromatic N) is 3. The van der Waals surface area contributed by atoms with Gasteiger partial charge in [0.1, 0.15) is 18.3 Å². The number of methoxy groups -OCH3 is 3. The van der Waals surface area contributed by atoms with Gasteiger partial charge in [0, 0.05) is 11.8 Å². The van der Waals surface area contributed by atoms with Crippen molar-refractivity contribution in [2.24, 2.45) is 11.8 Å². The predicted octanol–water partition coefficient (Wildman–Crippen LogP) is 0.140. The van der Waals surface area contributed by atoms with E-state index < -0.39 is 48.7 Å². The number of ether oxygens (including phenoxy) is 7. The normalized spacial score (nSPS) is 27.9. The number of esters is 1. The Morgan fingerprint density at radius 2 is 1.61 bits per heavy atom. The van der Waals surface area contributed by atoms with Crippen molar-refractivity contribution in [1.29, 1.82) is 0 Å². The van der Waals surface area contributed by atoms with Gasteiger partial charge in [0.15, 0.2) is 40.4 Å². The van der Waals surface area contributed by atoms with Crippen LogP contribution in [0.3, 0.4) is 0 Å². The van der Waals surface area contributed by atoms with E-state index in [1.54, 1.807) is 20.3 Å². The first-order valence-electron chi connectivity index (χ1n) is 15.3. The van der Waals surface area contributed by atoms with E-state index in [9.17, 15) is 24.9 Å². The summed E-state index contributed by atoms with van der Waals surface area (Å²) in [6.07, 6.45) is -2.63. The molecule has 8 atom stereocenters. The van der Waals surface area contributed by atoms with Crippen LogP contribution < -0.4 is 29.2 Å². The van der Waals surface area contributed by atoms with Crippen LogP contribution >= 0.6 is 0 Å². The number of H-pyrrole nitrogens is 1. The van der Waals surface area contributed by atoms with Gasteiger partial charge < -0.3 is 58.6 Å². The number of imidazole rings is 1. The Morgan fingerprint density at radius 3 is 2.24 bits per heavy atom. The first kappa shape index (κ1) is 32.6. The van der Waals surface area contributed by atoms with Crippen molar-refractivity contribution in [2.75, 3.05) is 41.3 Å². The van der Waals surface area contributed by atoms with E-state index in [0.717, 1.165) is 11.1 Å². The summed E-state index contributed by atoms with van der Waals surface area (Å²) in [5.41, 5.74) is 2.23. The van der Waals surface area contributed by atoms with Gasteiger partial charge in [-0.3, -0.25) is 14.2 Å². The maximum Gasteiger partial charge on any atom is 0.310 e. The molecule has 5 heterocycles. The van der Waals surface area contributed by atoms with Gasteiger partial charge in [0.25, 0.3) is 5.56 Å². The van der Waals surface area contributed by atoms with E-state index in [4.69, 9.17) is 38.3 Å². The standard InChI is InChI=1S/C22H22O8.C10H12N4O5/c1-25-16-4-10(5-17(26-2)21(16)27-3)18-11-6-14-15(30-9-29-14)7-12(11)20(23)13-8-28-22(24)19(13)18;15-1-4-6(16)7(17)10(19-4)14-3-13-5-8(14)11-2-12-9(5)18/h4-7,13,18-20,23H,8-9H2,1-3H3;2-4,6-7,10,15-17H,1H2,(H,11,12,18)/t13-,18+,19-,20-;4-,6-,7-,10-/m01/s1. The smallest absolute Gasteiger partial charge is 0.310 e. The molecule has 0 unspecified atom stereocenters. The number of cyclic esters (lactones) is 1. The van der Waals surface area contributed by atoms with Gasteiger partial charge in [-0.1, -0.05) is 0 Å². The zero-order valence-electron chi connectivity index (χ0n) is 26.5. The monoisotopic (exact) mass is 682 g/mol. The first-order chi connectivity index (χ1) is 23.7. The first-order valence-corrected chi connectivity index (χ1v) is 15.3. The Bertz CT molecular complexity index is 1920. The molecule has 0 radical (unpaired) electrons. The minimum atomic E-state index is -1.24. The van der Waals surface area contributed by atoms with Crippen LogP contribution in [0.4, 0.5) is 0 Å². The number of hydrogen-bond donors (Lipinski definition) is 5. The van der Waals surface area contributed by atoms with Gasteiger partial charge in [-0.15, -0.1) is 0 Å². The molecule has 0 amide bonds. The molecule has 0 bridgehead atoms. The lowest BCUT2D eigenvalue weighted by Gasteiger charge is -2.37. The number of carbonyl (C=O) groups excluding carboxylic acids is 1. The Hall–Kier alpha value is -4.94. The SMILES string of the molecule is COc1cc([C@@H]2c3cc4c(cc3[C@H](O)[C@H]3COC(=O)[C@H]23)OCO4)cc(OC)c1OC.O=c1[nH]cnc2c1ncn2[C@@H]1O[C@H](CO)[C@@H](O)[C@H]1O. The third kappa shape index (κ3) is 5.30. The summed E-state index contributed by atoms with van der Waals surface area (Å²) in [5.74, 6) is 0.989. The Labute approximate surface area is 277 Å². The van der Waals surface area contributed by atoms with Crippen LogP contribution in [0.1, 0.15) is 34.9 Å². The maximum atomic E-state index is 12.7. The van der Waals surface area contributed by atoms with Crippen molar-refractivity contribution < 1.29 is 58.4 Å². The molecule has 260 valence electrons. The summed E-state index contributed by atoms with van der Waals surface area (Å²) >= 11 is 0. The Morgan fingerprint density at radius 1 is 0.918 bits per heavy atom. The number of fused-ring (bicyclic) bond motifs is 4. The van der Waals surface area contributed by atoms with E-state index in [1.807, 2.05) is 18.2 Å². The fourth-order valence-electron chi connectivity index (χ4n) is 6.97. The molecule has 3 aliphatic heterocycles. The van der Waals surface area contributed by atoms with Gasteiger partial charge in [-0.25, -0.2) is 9.97 Å². The molecule has 17 heteroatoms. The zero-order chi connectivity index (χ0) is 34.6. The maximum absolute atomic E-state index is 12.7. The number of aromatic nitrogens is 4. The number of aromatic amines is 1. The van der Waals surface area contributed by atoms with Crippen molar-refractivity contribution in [1.82, 2.24) is 19.5 Å². The topological polar surface area (TPSA) is 226 Å². The van der Waals surface area contributed by atoms with Gasteiger partial charge in [-0.05, 0) is 41.0 Å². The molecule has 4 aliphatic rings. The highest BCUT2D eigenvalue weighted by molar-refractivity contribution is 5.79. The molecular formula is C32H34N4O13. The molecule has 0 spiro atoms. The lowest BCUT2D eigenvalue weighted by Crippen LogP contribution is -2.34. The highest BCUT2D eigenvalue weighted by atomic mass is 16.7. The third-order valence-electron chi connectivity index (χ3n) is 9.35. The molecule has 2 aromatic heterocycles. The number of hydrogen-bond acceptors (Lipinski definition) is 15. The van der Waals surface area contributed by atoms with E-state index in [0.29, 0.717) is 34.3 Å². The average molecular weight is 683 g/mol. The largest absolute Gasteiger partial charge is 0.493 e. The summed E-state index contributed by atoms with van der Waals surface area (Å²) in [5, 5.41) is 39.7. The molecule has 8 rings (SSSR count). The van der Waals surface area contributed by atoms with Crippen molar-refractivity contribution in [2.45, 2.75) is 36.6 Å². The van der Waals surface area contributed by atoms with Crippen molar-refractivity contribution in [3.8, 4) is 28.7 Å². The van der Waals surface area contributed by atoms with Crippen LogP contribution in [0.2, 0.25) is 0 Å². The summed E-state index contributed by atoms with van der Waals surface area (Å²) in [6.45, 7) is -0.132. The lowest BCUT2D eigenvalue weighted by atomic mass is 9.66. The van der Waals surface area contributed by atoms with Crippen molar-refractivity contribution in [3.63, 3.8) is 0 Å². The van der Waals surface area contributed by atoms with Crippen LogP contribution in [-0.4, -0.2) is 106 Å². The third-order valence-corrected chi connectivity index (χ3v) is 9.35. The number of aliphatic hydroxyl groups is 4. The van der Waals surface area contributed by atoms with Gasteiger partial charge >= 0.3 is 5.97 Å². The number of nitrogens with one attached hydrogen (secondary N) is 1. The van der Waals surface area contributed by atoms with Crippen LogP contribution in [0.15, 0.2) is 41.7 Å². The fourth-order valence-corrected chi connectivity index (χ4v) is 6.97. The lowest BCUT2D eigenvalue weighted by molar-refractivity contribution is -0.141. The predicted molar refractivity (Wildman–Crippen MR) is 165 cm³/mol. The van der Waals surface area contributed by atoms with Gasteiger partial charge in [0.05, 0.1) is 59.2 Å². The summed E-state index contributed by atoms with van der Waals surface area (Å²) in [4.78, 5) is 34.5. The molecule has 5 N–H and O–H groups in total. The van der Waals surface area contributed by atoms with Gasteiger partial charge in [0.2, 0.25) is 12.5 Å². The minimum Gasteiger partial charge on any atom is -0.493 e. The van der Waals surface area contributed by atoms with E-state index >= 15 is 0 Å². The number of rotatable bonds is 6. The summed E-state index contributed by atoms with van der Waals surface area (Å²) < 4.78 is 39.6. The fraction of sp³-hybridized carbons (Fsp3) is 0.438. The molecule has 4 aromatic rings. The van der Waals surface area contributed by atoms with E-state index in [1.165, 1.54) is 24.3 Å². The molecule has 0 saturated carbocycles. The van der Waals surface area contributed by atoms with E-state index in [-0.39, 0.29) is 42.4 Å². The van der Waals surface area contributed by atoms with E-state index in [2.05, 4.69) is 15.0 Å². The van der Waals surface area contributed by atoms with Crippen molar-refractivity contribution in [3.05, 3.63) is 64.0 Å². The molecule has 17 nitrogen and oxygen atoms in total. The van der Waals surface area contributed by atoms with Gasteiger partial charge in [-0.2, -0.15) is 0 Å². The highest BCUT2D eigenvalue weighted by Gasteiger charge is 2.52. The number of carbonyl (C=O) groups is 1. The molecule has 49 heavy (non-hydrogen) atoms. The van der Waals surface area contributed by atoms with Crippen LogP contribution in [0, 0.1) is 11.8 Å².